The molecule has 1 aromatic rings. The molecule has 0 atom stereocenters. The van der Waals surface area contributed by atoms with E-state index in [0.717, 1.165) is 12.0 Å². The zero-order valence-corrected chi connectivity index (χ0v) is 7.41. The smallest absolute Gasteiger partial charge is 0.249 e. The number of carbonyl (C=O) groups is 2. The summed E-state index contributed by atoms with van der Waals surface area (Å²) in [4.78, 5) is 21.6. The summed E-state index contributed by atoms with van der Waals surface area (Å²) in [6.45, 7) is 1.92. The van der Waals surface area contributed by atoms with Crippen LogP contribution in [0.5, 0.6) is 0 Å². The van der Waals surface area contributed by atoms with E-state index in [2.05, 4.69) is 0 Å². The van der Waals surface area contributed by atoms with Crippen molar-refractivity contribution in [2.45, 2.75) is 13.3 Å². The quantitative estimate of drug-likeness (QED) is 0.704. The lowest BCUT2D eigenvalue weighted by Gasteiger charge is -2.04. The molecule has 3 nitrogen and oxygen atoms in total. The first-order valence-electron chi connectivity index (χ1n) is 4.07. The third-order valence-corrected chi connectivity index (χ3v) is 1.96. The molecule has 0 heterocycles. The fourth-order valence-corrected chi connectivity index (χ4v) is 1.28. The van der Waals surface area contributed by atoms with E-state index in [1.165, 1.54) is 0 Å². The number of hydrogen-bond donors (Lipinski definition) is 1. The zero-order chi connectivity index (χ0) is 9.84. The van der Waals surface area contributed by atoms with Gasteiger partial charge in [0.2, 0.25) is 5.91 Å². The number of aldehydes is 1. The molecule has 0 saturated carbocycles. The van der Waals surface area contributed by atoms with Gasteiger partial charge in [-0.25, -0.2) is 0 Å². The SMILES string of the molecule is CCc1cccc(C(N)=O)c1C=O. The van der Waals surface area contributed by atoms with Crippen molar-refractivity contribution < 1.29 is 9.59 Å². The minimum atomic E-state index is -0.558. The Morgan fingerprint density at radius 1 is 1.54 bits per heavy atom. The molecule has 3 heteroatoms. The van der Waals surface area contributed by atoms with Gasteiger partial charge in [-0.05, 0) is 18.1 Å². The number of amides is 1. The average molecular weight is 177 g/mol. The molecule has 1 aromatic carbocycles. The van der Waals surface area contributed by atoms with Gasteiger partial charge < -0.3 is 5.73 Å². The largest absolute Gasteiger partial charge is 0.366 e. The maximum absolute atomic E-state index is 10.9. The second-order valence-electron chi connectivity index (χ2n) is 2.71. The molecule has 0 aliphatic carbocycles. The van der Waals surface area contributed by atoms with Gasteiger partial charge in [-0.15, -0.1) is 0 Å². The number of carbonyl (C=O) groups excluding carboxylic acids is 2. The normalized spacial score (nSPS) is 9.62. The summed E-state index contributed by atoms with van der Waals surface area (Å²) in [5.41, 5.74) is 6.68. The van der Waals surface area contributed by atoms with Gasteiger partial charge in [-0.2, -0.15) is 0 Å². The van der Waals surface area contributed by atoms with Crippen molar-refractivity contribution in [3.63, 3.8) is 0 Å². The van der Waals surface area contributed by atoms with Crippen LogP contribution in [0.3, 0.4) is 0 Å². The van der Waals surface area contributed by atoms with Gasteiger partial charge in [-0.3, -0.25) is 9.59 Å². The molecule has 1 rings (SSSR count). The topological polar surface area (TPSA) is 60.2 Å². The lowest BCUT2D eigenvalue weighted by molar-refractivity contribution is 0.0993. The molecule has 0 radical (unpaired) electrons. The minimum Gasteiger partial charge on any atom is -0.366 e. The predicted molar refractivity (Wildman–Crippen MR) is 49.7 cm³/mol. The van der Waals surface area contributed by atoms with Crippen molar-refractivity contribution >= 4 is 12.2 Å². The highest BCUT2D eigenvalue weighted by atomic mass is 16.1. The van der Waals surface area contributed by atoms with E-state index in [9.17, 15) is 9.59 Å². The first kappa shape index (κ1) is 9.45. The van der Waals surface area contributed by atoms with Gasteiger partial charge in [-0.1, -0.05) is 19.1 Å². The van der Waals surface area contributed by atoms with E-state index in [1.54, 1.807) is 12.1 Å². The molecule has 0 fully saturated rings. The van der Waals surface area contributed by atoms with Crippen LogP contribution >= 0.6 is 0 Å². The summed E-state index contributed by atoms with van der Waals surface area (Å²) in [7, 11) is 0. The Labute approximate surface area is 76.6 Å². The van der Waals surface area contributed by atoms with E-state index >= 15 is 0 Å². The molecule has 0 aliphatic heterocycles. The molecule has 1 amide bonds. The van der Waals surface area contributed by atoms with E-state index in [1.807, 2.05) is 13.0 Å². The van der Waals surface area contributed by atoms with Crippen molar-refractivity contribution in [1.82, 2.24) is 0 Å². The summed E-state index contributed by atoms with van der Waals surface area (Å²) in [5, 5.41) is 0. The number of nitrogens with two attached hydrogens (primary N) is 1. The average Bonchev–Trinajstić information content (AvgIpc) is 2.16. The van der Waals surface area contributed by atoms with Gasteiger partial charge >= 0.3 is 0 Å². The van der Waals surface area contributed by atoms with Crippen LogP contribution in [0.25, 0.3) is 0 Å². The van der Waals surface area contributed by atoms with Crippen LogP contribution in [0.2, 0.25) is 0 Å². The van der Waals surface area contributed by atoms with E-state index < -0.39 is 5.91 Å². The van der Waals surface area contributed by atoms with E-state index in [4.69, 9.17) is 5.73 Å². The molecule has 2 N–H and O–H groups in total. The van der Waals surface area contributed by atoms with Crippen molar-refractivity contribution in [3.05, 3.63) is 34.9 Å². The van der Waals surface area contributed by atoms with Gasteiger partial charge in [0.05, 0.1) is 0 Å². The predicted octanol–water partition coefficient (Wildman–Crippen LogP) is 1.16. The van der Waals surface area contributed by atoms with Gasteiger partial charge in [0.15, 0.2) is 6.29 Å². The van der Waals surface area contributed by atoms with Crippen LogP contribution in [0.4, 0.5) is 0 Å². The monoisotopic (exact) mass is 177 g/mol. The summed E-state index contributed by atoms with van der Waals surface area (Å²) in [6.07, 6.45) is 1.40. The van der Waals surface area contributed by atoms with E-state index in [-0.39, 0.29) is 0 Å². The van der Waals surface area contributed by atoms with Crippen LogP contribution < -0.4 is 5.73 Å². The Balaban J connectivity index is 3.35. The van der Waals surface area contributed by atoms with Gasteiger partial charge in [0, 0.05) is 11.1 Å². The van der Waals surface area contributed by atoms with Crippen molar-refractivity contribution in [2.24, 2.45) is 5.73 Å². The molecule has 0 aliphatic rings. The Morgan fingerprint density at radius 3 is 2.69 bits per heavy atom. The molecule has 0 saturated heterocycles. The first-order chi connectivity index (χ1) is 6.20. The van der Waals surface area contributed by atoms with Crippen molar-refractivity contribution in [1.29, 1.82) is 0 Å². The molecular formula is C10H11NO2. The summed E-state index contributed by atoms with van der Waals surface area (Å²) in [6, 6.07) is 5.10. The van der Waals surface area contributed by atoms with Crippen LogP contribution in [0.1, 0.15) is 33.2 Å². The van der Waals surface area contributed by atoms with Crippen LogP contribution in [-0.4, -0.2) is 12.2 Å². The molecule has 0 unspecified atom stereocenters. The Bertz CT molecular complexity index is 345. The van der Waals surface area contributed by atoms with Crippen LogP contribution in [-0.2, 0) is 6.42 Å². The Kier molecular flexibility index (Phi) is 2.80. The number of primary amides is 1. The first-order valence-corrected chi connectivity index (χ1v) is 4.07. The van der Waals surface area contributed by atoms with Gasteiger partial charge in [0.25, 0.3) is 0 Å². The number of rotatable bonds is 3. The fourth-order valence-electron chi connectivity index (χ4n) is 1.28. The second kappa shape index (κ2) is 3.85. The summed E-state index contributed by atoms with van der Waals surface area (Å²) < 4.78 is 0. The molecule has 13 heavy (non-hydrogen) atoms. The summed E-state index contributed by atoms with van der Waals surface area (Å²) >= 11 is 0. The van der Waals surface area contributed by atoms with Crippen LogP contribution in [0, 0.1) is 0 Å². The minimum absolute atomic E-state index is 0.300. The highest BCUT2D eigenvalue weighted by Crippen LogP contribution is 2.12. The number of aryl methyl sites for hydroxylation is 1. The summed E-state index contributed by atoms with van der Waals surface area (Å²) in [5.74, 6) is -0.558. The molecular weight excluding hydrogens is 166 g/mol. The number of benzene rings is 1. The van der Waals surface area contributed by atoms with Crippen molar-refractivity contribution in [2.75, 3.05) is 0 Å². The maximum Gasteiger partial charge on any atom is 0.249 e. The highest BCUT2D eigenvalue weighted by molar-refractivity contribution is 6.01. The maximum atomic E-state index is 10.9. The molecule has 0 aromatic heterocycles. The van der Waals surface area contributed by atoms with Gasteiger partial charge in [0.1, 0.15) is 0 Å². The third-order valence-electron chi connectivity index (χ3n) is 1.96. The molecule has 68 valence electrons. The Hall–Kier alpha value is -1.64. The highest BCUT2D eigenvalue weighted by Gasteiger charge is 2.09. The van der Waals surface area contributed by atoms with Crippen molar-refractivity contribution in [3.8, 4) is 0 Å². The molecule has 0 spiro atoms. The molecule has 0 bridgehead atoms. The van der Waals surface area contributed by atoms with E-state index in [0.29, 0.717) is 17.4 Å². The van der Waals surface area contributed by atoms with Crippen LogP contribution in [0.15, 0.2) is 18.2 Å². The second-order valence-corrected chi connectivity index (χ2v) is 2.71. The lowest BCUT2D eigenvalue weighted by Crippen LogP contribution is -2.14. The Morgan fingerprint density at radius 2 is 2.23 bits per heavy atom. The zero-order valence-electron chi connectivity index (χ0n) is 7.41. The fraction of sp³-hybridized carbons (Fsp3) is 0.200. The standard InChI is InChI=1S/C10H11NO2/c1-2-7-4-3-5-8(10(11)13)9(7)6-12/h3-6H,2H2,1H3,(H2,11,13). The number of hydrogen-bond acceptors (Lipinski definition) is 2. The lowest BCUT2D eigenvalue weighted by atomic mass is 10.00. The third kappa shape index (κ3) is 1.75.